The van der Waals surface area contributed by atoms with E-state index in [4.69, 9.17) is 16.3 Å². The number of halogens is 1. The third kappa shape index (κ3) is 9.11. The highest BCUT2D eigenvalue weighted by Gasteiger charge is 2.12. The summed E-state index contributed by atoms with van der Waals surface area (Å²) in [6.45, 7) is 4.90. The lowest BCUT2D eigenvalue weighted by atomic mass is 10.2. The fourth-order valence-electron chi connectivity index (χ4n) is 1.02. The van der Waals surface area contributed by atoms with Crippen molar-refractivity contribution in [3.05, 3.63) is 0 Å². The molecule has 1 N–H and O–H groups in total. The first kappa shape index (κ1) is 15.2. The molecule has 0 rings (SSSR count). The number of ether oxygens (including phenoxy) is 1. The highest BCUT2D eigenvalue weighted by atomic mass is 35.5. The first-order valence-corrected chi connectivity index (χ1v) is 7.29. The monoisotopic (exact) mass is 257 g/mol. The summed E-state index contributed by atoms with van der Waals surface area (Å²) in [7, 11) is -3.23. The van der Waals surface area contributed by atoms with E-state index in [-0.39, 0.29) is 17.7 Å². The third-order valence-electron chi connectivity index (χ3n) is 1.83. The molecular formula is C9H20ClNO3S. The molecule has 0 amide bonds. The van der Waals surface area contributed by atoms with Gasteiger partial charge >= 0.3 is 0 Å². The highest BCUT2D eigenvalue weighted by molar-refractivity contribution is 7.89. The largest absolute Gasteiger partial charge is 0.381 e. The lowest BCUT2D eigenvalue weighted by Gasteiger charge is -2.10. The van der Waals surface area contributed by atoms with Crippen molar-refractivity contribution < 1.29 is 13.2 Å². The van der Waals surface area contributed by atoms with Crippen molar-refractivity contribution in [3.63, 3.8) is 0 Å². The number of hydrogen-bond donors (Lipinski definition) is 1. The maximum absolute atomic E-state index is 11.4. The van der Waals surface area contributed by atoms with Crippen LogP contribution in [0.15, 0.2) is 0 Å². The van der Waals surface area contributed by atoms with Crippen LogP contribution in [0.1, 0.15) is 26.7 Å². The zero-order valence-electron chi connectivity index (χ0n) is 9.33. The van der Waals surface area contributed by atoms with Crippen molar-refractivity contribution in [1.29, 1.82) is 0 Å². The second kappa shape index (κ2) is 8.33. The summed E-state index contributed by atoms with van der Waals surface area (Å²) in [6, 6.07) is 0. The molecule has 0 heterocycles. The van der Waals surface area contributed by atoms with Gasteiger partial charge in [0.1, 0.15) is 0 Å². The topological polar surface area (TPSA) is 55.4 Å². The number of nitrogens with one attached hydrogen (secondary N) is 1. The van der Waals surface area contributed by atoms with Gasteiger partial charge in [-0.3, -0.25) is 0 Å². The summed E-state index contributed by atoms with van der Waals surface area (Å²) < 4.78 is 30.2. The zero-order valence-corrected chi connectivity index (χ0v) is 10.9. The van der Waals surface area contributed by atoms with Gasteiger partial charge in [0, 0.05) is 18.5 Å². The quantitative estimate of drug-likeness (QED) is 0.501. The molecule has 0 aromatic rings. The van der Waals surface area contributed by atoms with Gasteiger partial charge in [-0.1, -0.05) is 13.3 Å². The molecular weight excluding hydrogens is 238 g/mol. The normalized spacial score (nSPS) is 14.1. The first-order chi connectivity index (χ1) is 7.02. The molecule has 0 aliphatic rings. The SMILES string of the molecule is CCCC(Cl)CNS(=O)(=O)CCOCC. The summed E-state index contributed by atoms with van der Waals surface area (Å²) in [6.07, 6.45) is 1.77. The van der Waals surface area contributed by atoms with Gasteiger partial charge in [0.2, 0.25) is 10.0 Å². The summed E-state index contributed by atoms with van der Waals surface area (Å²) in [5.74, 6) is -0.00340. The summed E-state index contributed by atoms with van der Waals surface area (Å²) in [4.78, 5) is 0. The Morgan fingerprint density at radius 2 is 2.07 bits per heavy atom. The Hall–Kier alpha value is 0.160. The molecule has 0 spiro atoms. The molecule has 92 valence electrons. The Kier molecular flexibility index (Phi) is 8.42. The fraction of sp³-hybridized carbons (Fsp3) is 1.00. The number of alkyl halides is 1. The summed E-state index contributed by atoms with van der Waals surface area (Å²) >= 11 is 5.89. The molecule has 0 aliphatic carbocycles. The molecule has 1 unspecified atom stereocenters. The van der Waals surface area contributed by atoms with E-state index in [0.29, 0.717) is 13.2 Å². The van der Waals surface area contributed by atoms with E-state index in [0.717, 1.165) is 12.8 Å². The van der Waals surface area contributed by atoms with Gasteiger partial charge < -0.3 is 4.74 Å². The minimum Gasteiger partial charge on any atom is -0.381 e. The number of rotatable bonds is 9. The molecule has 15 heavy (non-hydrogen) atoms. The van der Waals surface area contributed by atoms with Gasteiger partial charge in [-0.2, -0.15) is 0 Å². The molecule has 6 heteroatoms. The van der Waals surface area contributed by atoms with Crippen LogP contribution < -0.4 is 4.72 Å². The van der Waals surface area contributed by atoms with E-state index in [1.165, 1.54) is 0 Å². The summed E-state index contributed by atoms with van der Waals surface area (Å²) in [5, 5.41) is -0.128. The predicted molar refractivity (Wildman–Crippen MR) is 62.8 cm³/mol. The smallest absolute Gasteiger partial charge is 0.213 e. The van der Waals surface area contributed by atoms with Crippen molar-refractivity contribution in [2.24, 2.45) is 0 Å². The van der Waals surface area contributed by atoms with E-state index >= 15 is 0 Å². The van der Waals surface area contributed by atoms with Gasteiger partial charge in [-0.05, 0) is 13.3 Å². The van der Waals surface area contributed by atoms with Crippen LogP contribution in [0.3, 0.4) is 0 Å². The molecule has 0 radical (unpaired) electrons. The minimum atomic E-state index is -3.23. The number of hydrogen-bond acceptors (Lipinski definition) is 3. The number of sulfonamides is 1. The average Bonchev–Trinajstić information content (AvgIpc) is 2.16. The molecule has 0 aromatic heterocycles. The Bertz CT molecular complexity index is 244. The molecule has 0 aromatic carbocycles. The van der Waals surface area contributed by atoms with E-state index in [2.05, 4.69) is 4.72 Å². The first-order valence-electron chi connectivity index (χ1n) is 5.21. The molecule has 0 fully saturated rings. The van der Waals surface area contributed by atoms with Crippen LogP contribution >= 0.6 is 11.6 Å². The van der Waals surface area contributed by atoms with Crippen molar-refractivity contribution in [1.82, 2.24) is 4.72 Å². The Morgan fingerprint density at radius 1 is 1.40 bits per heavy atom. The molecule has 0 saturated heterocycles. The fourth-order valence-corrected chi connectivity index (χ4v) is 2.34. The van der Waals surface area contributed by atoms with Gasteiger partial charge in [0.05, 0.1) is 12.4 Å². The molecule has 0 saturated carbocycles. The van der Waals surface area contributed by atoms with Gasteiger partial charge in [0.15, 0.2) is 0 Å². The van der Waals surface area contributed by atoms with Crippen molar-refractivity contribution in [2.45, 2.75) is 32.1 Å². The van der Waals surface area contributed by atoms with Gasteiger partial charge in [0.25, 0.3) is 0 Å². The predicted octanol–water partition coefficient (Wildman–Crippen LogP) is 1.35. The zero-order chi connectivity index (χ0) is 11.7. The highest BCUT2D eigenvalue weighted by Crippen LogP contribution is 2.03. The lowest BCUT2D eigenvalue weighted by Crippen LogP contribution is -2.33. The van der Waals surface area contributed by atoms with Crippen LogP contribution in [0, 0.1) is 0 Å². The summed E-state index contributed by atoms with van der Waals surface area (Å²) in [5.41, 5.74) is 0. The van der Waals surface area contributed by atoms with E-state index in [1.807, 2.05) is 13.8 Å². The van der Waals surface area contributed by atoms with Gasteiger partial charge in [-0.25, -0.2) is 13.1 Å². The molecule has 0 aliphatic heterocycles. The maximum atomic E-state index is 11.4. The maximum Gasteiger partial charge on any atom is 0.213 e. The van der Waals surface area contributed by atoms with Crippen molar-refractivity contribution in [3.8, 4) is 0 Å². The van der Waals surface area contributed by atoms with Crippen molar-refractivity contribution >= 4 is 21.6 Å². The van der Waals surface area contributed by atoms with Crippen LogP contribution in [0.2, 0.25) is 0 Å². The lowest BCUT2D eigenvalue weighted by molar-refractivity contribution is 0.163. The Labute approximate surface area is 97.4 Å². The minimum absolute atomic E-state index is 0.00340. The van der Waals surface area contributed by atoms with Crippen LogP contribution in [0.25, 0.3) is 0 Å². The second-order valence-corrected chi connectivity index (χ2v) is 5.79. The van der Waals surface area contributed by atoms with Crippen LogP contribution in [-0.2, 0) is 14.8 Å². The third-order valence-corrected chi connectivity index (χ3v) is 3.51. The standard InChI is InChI=1S/C9H20ClNO3S/c1-3-5-9(10)8-11-15(12,13)7-6-14-4-2/h9,11H,3-8H2,1-2H3. The molecule has 0 bridgehead atoms. The molecule has 1 atom stereocenters. The van der Waals surface area contributed by atoms with Crippen LogP contribution in [0.5, 0.6) is 0 Å². The van der Waals surface area contributed by atoms with Crippen LogP contribution in [-0.4, -0.2) is 39.3 Å². The molecule has 4 nitrogen and oxygen atoms in total. The van der Waals surface area contributed by atoms with E-state index < -0.39 is 10.0 Å². The van der Waals surface area contributed by atoms with E-state index in [1.54, 1.807) is 0 Å². The van der Waals surface area contributed by atoms with Crippen molar-refractivity contribution in [2.75, 3.05) is 25.5 Å². The second-order valence-electron chi connectivity index (χ2n) is 3.25. The van der Waals surface area contributed by atoms with Crippen LogP contribution in [0.4, 0.5) is 0 Å². The Morgan fingerprint density at radius 3 is 2.60 bits per heavy atom. The average molecular weight is 258 g/mol. The van der Waals surface area contributed by atoms with Gasteiger partial charge in [-0.15, -0.1) is 11.6 Å². The van der Waals surface area contributed by atoms with E-state index in [9.17, 15) is 8.42 Å². The Balaban J connectivity index is 3.73.